The van der Waals surface area contributed by atoms with Crippen LogP contribution in [0.1, 0.15) is 19.8 Å². The molecule has 1 fully saturated rings. The second-order valence-electron chi connectivity index (χ2n) is 5.41. The topological polar surface area (TPSA) is 9.23 Å². The van der Waals surface area contributed by atoms with Crippen molar-refractivity contribution >= 4 is 104 Å². The molecule has 1 aliphatic carbocycles. The lowest BCUT2D eigenvalue weighted by atomic mass is 9.75. The maximum atomic E-state index is 6.20. The molecule has 1 saturated heterocycles. The predicted octanol–water partition coefficient (Wildman–Crippen LogP) is 7.21. The Balaban J connectivity index is 2.70. The molecule has 128 valence electrons. The van der Waals surface area contributed by atoms with Crippen molar-refractivity contribution < 1.29 is 4.74 Å². The zero-order chi connectivity index (χ0) is 17.2. The van der Waals surface area contributed by atoms with E-state index in [0.717, 1.165) is 0 Å². The molecule has 1 heterocycles. The van der Waals surface area contributed by atoms with E-state index >= 15 is 0 Å². The zero-order valence-electron chi connectivity index (χ0n) is 11.0. The molecule has 0 aromatic carbocycles. The van der Waals surface area contributed by atoms with Crippen LogP contribution in [0.3, 0.4) is 0 Å². The first-order chi connectivity index (χ1) is 9.73. The summed E-state index contributed by atoms with van der Waals surface area (Å²) >= 11 is 55.6. The summed E-state index contributed by atoms with van der Waals surface area (Å²) in [5.41, 5.74) is -3.08. The minimum Gasteiger partial charge on any atom is -0.354 e. The van der Waals surface area contributed by atoms with E-state index in [4.69, 9.17) is 109 Å². The second-order valence-corrected chi connectivity index (χ2v) is 12.3. The molecular formula is C12H11Cl9O. The van der Waals surface area contributed by atoms with E-state index in [9.17, 15) is 0 Å². The fourth-order valence-corrected chi connectivity index (χ4v) is 6.58. The molecule has 0 aromatic rings. The molecule has 0 radical (unpaired) electrons. The third-order valence-electron chi connectivity index (χ3n) is 4.40. The van der Waals surface area contributed by atoms with Gasteiger partial charge < -0.3 is 4.74 Å². The van der Waals surface area contributed by atoms with Crippen molar-refractivity contribution in [2.45, 2.75) is 42.3 Å². The van der Waals surface area contributed by atoms with Gasteiger partial charge in [-0.05, 0) is 12.8 Å². The Hall–Kier alpha value is 2.31. The van der Waals surface area contributed by atoms with Crippen molar-refractivity contribution in [3.8, 4) is 0 Å². The first kappa shape index (κ1) is 20.6. The van der Waals surface area contributed by atoms with Crippen LogP contribution in [0.25, 0.3) is 0 Å². The highest BCUT2D eigenvalue weighted by atomic mass is 35.6. The van der Waals surface area contributed by atoms with E-state index < -0.39 is 28.5 Å². The quantitative estimate of drug-likeness (QED) is 0.279. The highest BCUT2D eigenvalue weighted by Crippen LogP contribution is 2.68. The molecule has 0 amide bonds. The Morgan fingerprint density at radius 1 is 0.864 bits per heavy atom. The van der Waals surface area contributed by atoms with Crippen LogP contribution in [0.15, 0.2) is 12.2 Å². The minimum atomic E-state index is -2.06. The molecule has 10 heteroatoms. The molecule has 22 heavy (non-hydrogen) atoms. The van der Waals surface area contributed by atoms with Crippen LogP contribution in [-0.2, 0) is 4.74 Å². The van der Waals surface area contributed by atoms with Gasteiger partial charge in [0.15, 0.2) is 5.60 Å². The normalized spacial score (nSPS) is 35.0. The van der Waals surface area contributed by atoms with Gasteiger partial charge in [0, 0.05) is 11.8 Å². The van der Waals surface area contributed by atoms with E-state index in [1.54, 1.807) is 13.0 Å². The number of hydrogen-bond donors (Lipinski definition) is 0. The molecule has 2 rings (SSSR count). The van der Waals surface area contributed by atoms with Crippen LogP contribution in [0, 0.1) is 11.8 Å². The van der Waals surface area contributed by atoms with Gasteiger partial charge in [-0.1, -0.05) is 123 Å². The molecular weight excluding hydrogens is 479 g/mol. The van der Waals surface area contributed by atoms with Crippen molar-refractivity contribution in [2.75, 3.05) is 0 Å². The summed E-state index contributed by atoms with van der Waals surface area (Å²) in [4.78, 5) is 0. The smallest absolute Gasteiger partial charge is 0.223 e. The molecule has 3 atom stereocenters. The minimum absolute atomic E-state index is 0.192. The van der Waals surface area contributed by atoms with Crippen molar-refractivity contribution in [2.24, 2.45) is 11.8 Å². The fraction of sp³-hybridized carbons (Fsp3) is 0.833. The van der Waals surface area contributed by atoms with E-state index in [1.165, 1.54) is 0 Å². The third kappa shape index (κ3) is 2.88. The Labute approximate surface area is 174 Å². The average Bonchev–Trinajstić information content (AvgIpc) is 2.71. The standard InChI is InChI=1S/C12H11Cl9O/c1-2-8(10(13,14)15)6-3-4-7(5-6)9(22-8,11(16,17)18)12(19,20)21/h3-4,6-7H,2,5H2,1H3. The first-order valence-electron chi connectivity index (χ1n) is 6.31. The summed E-state index contributed by atoms with van der Waals surface area (Å²) < 4.78 is 0.225. The average molecular weight is 490 g/mol. The van der Waals surface area contributed by atoms with Gasteiger partial charge in [0.2, 0.25) is 11.4 Å². The Kier molecular flexibility index (Phi) is 5.80. The predicted molar refractivity (Wildman–Crippen MR) is 98.4 cm³/mol. The zero-order valence-corrected chi connectivity index (χ0v) is 17.8. The van der Waals surface area contributed by atoms with Gasteiger partial charge >= 0.3 is 0 Å². The van der Waals surface area contributed by atoms with Crippen LogP contribution in [0.2, 0.25) is 0 Å². The number of fused-ring (bicyclic) bond motifs is 2. The maximum absolute atomic E-state index is 6.20. The number of hydrogen-bond acceptors (Lipinski definition) is 1. The van der Waals surface area contributed by atoms with Crippen molar-refractivity contribution in [1.29, 1.82) is 0 Å². The highest BCUT2D eigenvalue weighted by Gasteiger charge is 2.74. The molecule has 0 spiro atoms. The summed E-state index contributed by atoms with van der Waals surface area (Å²) in [6.07, 6.45) is 4.48. The molecule has 0 saturated carbocycles. The summed E-state index contributed by atoms with van der Waals surface area (Å²) in [5.74, 6) is -0.632. The molecule has 2 bridgehead atoms. The lowest BCUT2D eigenvalue weighted by Gasteiger charge is -2.58. The van der Waals surface area contributed by atoms with E-state index in [0.29, 0.717) is 12.8 Å². The van der Waals surface area contributed by atoms with Crippen molar-refractivity contribution in [3.05, 3.63) is 12.2 Å². The summed E-state index contributed by atoms with van der Waals surface area (Å²) in [5, 5.41) is 0. The van der Waals surface area contributed by atoms with E-state index in [-0.39, 0.29) is 5.92 Å². The van der Waals surface area contributed by atoms with Gasteiger partial charge in [0.25, 0.3) is 0 Å². The number of rotatable bonds is 1. The monoisotopic (exact) mass is 486 g/mol. The van der Waals surface area contributed by atoms with Crippen LogP contribution in [0.4, 0.5) is 0 Å². The number of alkyl halides is 9. The molecule has 2 aliphatic rings. The SMILES string of the molecule is CCC1(C(Cl)(Cl)Cl)OC(C(Cl)(Cl)Cl)(C(Cl)(Cl)Cl)C2C=CC1C2. The Bertz CT molecular complexity index is 458. The van der Waals surface area contributed by atoms with Gasteiger partial charge in [0.05, 0.1) is 0 Å². The second kappa shape index (κ2) is 6.19. The van der Waals surface area contributed by atoms with Crippen molar-refractivity contribution in [3.63, 3.8) is 0 Å². The summed E-state index contributed by atoms with van der Waals surface area (Å²) in [6.45, 7) is 1.80. The highest BCUT2D eigenvalue weighted by molar-refractivity contribution is 6.74. The summed E-state index contributed by atoms with van der Waals surface area (Å²) in [7, 11) is 0. The van der Waals surface area contributed by atoms with Gasteiger partial charge in [-0.2, -0.15) is 0 Å². The van der Waals surface area contributed by atoms with Gasteiger partial charge in [-0.25, -0.2) is 0 Å². The molecule has 1 aliphatic heterocycles. The maximum Gasteiger partial charge on any atom is 0.223 e. The first-order valence-corrected chi connectivity index (χ1v) is 9.72. The lowest BCUT2D eigenvalue weighted by molar-refractivity contribution is -0.217. The van der Waals surface area contributed by atoms with Crippen LogP contribution in [-0.4, -0.2) is 22.6 Å². The molecule has 0 aromatic heterocycles. The van der Waals surface area contributed by atoms with Crippen LogP contribution < -0.4 is 0 Å². The molecule has 3 unspecified atom stereocenters. The molecule has 0 N–H and O–H groups in total. The van der Waals surface area contributed by atoms with Gasteiger partial charge in [-0.15, -0.1) is 0 Å². The fourth-order valence-electron chi connectivity index (χ4n) is 3.28. The van der Waals surface area contributed by atoms with Crippen molar-refractivity contribution in [1.82, 2.24) is 0 Å². The van der Waals surface area contributed by atoms with Crippen LogP contribution in [0.5, 0.6) is 0 Å². The van der Waals surface area contributed by atoms with E-state index in [2.05, 4.69) is 0 Å². The van der Waals surface area contributed by atoms with Gasteiger partial charge in [0.1, 0.15) is 5.60 Å². The third-order valence-corrected chi connectivity index (χ3v) is 7.04. The molecule has 1 nitrogen and oxygen atoms in total. The Morgan fingerprint density at radius 2 is 1.32 bits per heavy atom. The number of halogens is 9. The Morgan fingerprint density at radius 3 is 1.68 bits per heavy atom. The summed E-state index contributed by atoms with van der Waals surface area (Å²) in [6, 6.07) is 0. The number of ether oxygens (including phenoxy) is 1. The largest absolute Gasteiger partial charge is 0.354 e. The van der Waals surface area contributed by atoms with E-state index in [1.807, 2.05) is 6.08 Å². The van der Waals surface area contributed by atoms with Gasteiger partial charge in [-0.3, -0.25) is 0 Å². The van der Waals surface area contributed by atoms with Crippen LogP contribution >= 0.6 is 104 Å². The lowest BCUT2D eigenvalue weighted by Crippen LogP contribution is -2.70.